The van der Waals surface area contributed by atoms with Gasteiger partial charge in [0.15, 0.2) is 5.96 Å². The van der Waals surface area contributed by atoms with E-state index in [9.17, 15) is 0 Å². The number of rotatable bonds is 11. The Bertz CT molecular complexity index is 675. The van der Waals surface area contributed by atoms with Gasteiger partial charge in [-0.1, -0.05) is 6.07 Å². The molecule has 0 amide bonds. The summed E-state index contributed by atoms with van der Waals surface area (Å²) >= 11 is 0. The Morgan fingerprint density at radius 2 is 1.96 bits per heavy atom. The number of hydrogen-bond acceptors (Lipinski definition) is 5. The molecule has 27 heavy (non-hydrogen) atoms. The van der Waals surface area contributed by atoms with E-state index in [2.05, 4.69) is 32.7 Å². The fourth-order valence-electron chi connectivity index (χ4n) is 2.47. The number of nitrogens with one attached hydrogen (secondary N) is 2. The lowest BCUT2D eigenvalue weighted by molar-refractivity contribution is 0.229. The molecule has 1 aromatic heterocycles. The molecule has 0 aliphatic heterocycles. The van der Waals surface area contributed by atoms with Crippen molar-refractivity contribution in [1.82, 2.24) is 25.4 Å². The molecule has 1 aromatic carbocycles. The Hall–Kier alpha value is -2.77. The van der Waals surface area contributed by atoms with Gasteiger partial charge in [0.2, 0.25) is 0 Å². The highest BCUT2D eigenvalue weighted by Crippen LogP contribution is 2.19. The van der Waals surface area contributed by atoms with Crippen molar-refractivity contribution in [2.24, 2.45) is 4.99 Å². The first kappa shape index (κ1) is 20.5. The molecule has 0 spiro atoms. The van der Waals surface area contributed by atoms with Crippen LogP contribution in [0.1, 0.15) is 26.7 Å². The van der Waals surface area contributed by atoms with Gasteiger partial charge in [0.1, 0.15) is 30.3 Å². The second-order valence-corrected chi connectivity index (χ2v) is 6.16. The zero-order chi connectivity index (χ0) is 19.3. The normalized spacial score (nSPS) is 12.5. The summed E-state index contributed by atoms with van der Waals surface area (Å²) in [4.78, 5) is 4.61. The molecule has 0 radical (unpaired) electrons. The summed E-state index contributed by atoms with van der Waals surface area (Å²) in [5.41, 5.74) is 0. The third-order valence-electron chi connectivity index (χ3n) is 3.83. The third kappa shape index (κ3) is 7.98. The summed E-state index contributed by atoms with van der Waals surface area (Å²) in [5, 5.41) is 14.2. The first-order valence-electron chi connectivity index (χ1n) is 9.36. The SMILES string of the molecule is CCNC(=NCC(C)Oc1cccc(OC)c1)NCCCCn1cnnc1. The fourth-order valence-corrected chi connectivity index (χ4v) is 2.47. The highest BCUT2D eigenvalue weighted by Gasteiger charge is 2.05. The number of guanidine groups is 1. The molecule has 1 heterocycles. The van der Waals surface area contributed by atoms with Crippen LogP contribution in [0.2, 0.25) is 0 Å². The van der Waals surface area contributed by atoms with Gasteiger partial charge < -0.3 is 24.7 Å². The van der Waals surface area contributed by atoms with Crippen LogP contribution in [0.15, 0.2) is 41.9 Å². The lowest BCUT2D eigenvalue weighted by Crippen LogP contribution is -2.38. The zero-order valence-electron chi connectivity index (χ0n) is 16.4. The van der Waals surface area contributed by atoms with Crippen LogP contribution >= 0.6 is 0 Å². The number of aromatic nitrogens is 3. The van der Waals surface area contributed by atoms with Crippen LogP contribution in [0, 0.1) is 0 Å². The molecule has 2 aromatic rings. The number of ether oxygens (including phenoxy) is 2. The standard InChI is InChI=1S/C19H30N6O2/c1-4-20-19(21-10-5-6-11-25-14-23-24-15-25)22-13-16(2)27-18-9-7-8-17(12-18)26-3/h7-9,12,14-16H,4-6,10-11,13H2,1-3H3,(H2,20,21,22). The summed E-state index contributed by atoms with van der Waals surface area (Å²) in [7, 11) is 1.65. The Morgan fingerprint density at radius 3 is 2.70 bits per heavy atom. The average molecular weight is 374 g/mol. The van der Waals surface area contributed by atoms with Gasteiger partial charge in [-0.15, -0.1) is 10.2 Å². The van der Waals surface area contributed by atoms with Gasteiger partial charge in [0, 0.05) is 25.7 Å². The van der Waals surface area contributed by atoms with E-state index < -0.39 is 0 Å². The number of methoxy groups -OCH3 is 1. The maximum atomic E-state index is 5.91. The van der Waals surface area contributed by atoms with Crippen LogP contribution in [-0.4, -0.2) is 53.6 Å². The van der Waals surface area contributed by atoms with Gasteiger partial charge in [-0.25, -0.2) is 4.99 Å². The Labute approximate surface area is 161 Å². The van der Waals surface area contributed by atoms with Crippen molar-refractivity contribution in [3.05, 3.63) is 36.9 Å². The summed E-state index contributed by atoms with van der Waals surface area (Å²) in [6, 6.07) is 7.60. The molecule has 1 atom stereocenters. The van der Waals surface area contributed by atoms with E-state index in [1.54, 1.807) is 19.8 Å². The topological polar surface area (TPSA) is 85.6 Å². The Kier molecular flexibility index (Phi) is 8.95. The van der Waals surface area contributed by atoms with Gasteiger partial charge in [-0.05, 0) is 38.8 Å². The molecule has 148 valence electrons. The lowest BCUT2D eigenvalue weighted by atomic mass is 10.3. The molecule has 0 saturated heterocycles. The molecule has 2 N–H and O–H groups in total. The maximum Gasteiger partial charge on any atom is 0.191 e. The van der Waals surface area contributed by atoms with Crippen LogP contribution in [0.4, 0.5) is 0 Å². The summed E-state index contributed by atoms with van der Waals surface area (Å²) in [6.07, 6.45) is 5.53. The highest BCUT2D eigenvalue weighted by molar-refractivity contribution is 5.79. The van der Waals surface area contributed by atoms with Crippen molar-refractivity contribution < 1.29 is 9.47 Å². The van der Waals surface area contributed by atoms with Crippen molar-refractivity contribution in [2.45, 2.75) is 39.3 Å². The smallest absolute Gasteiger partial charge is 0.191 e. The summed E-state index contributed by atoms with van der Waals surface area (Å²) in [5.74, 6) is 2.37. The lowest BCUT2D eigenvalue weighted by Gasteiger charge is -2.15. The van der Waals surface area contributed by atoms with E-state index >= 15 is 0 Å². The first-order valence-corrected chi connectivity index (χ1v) is 9.36. The number of benzene rings is 1. The van der Waals surface area contributed by atoms with Crippen LogP contribution in [0.5, 0.6) is 11.5 Å². The molecule has 0 aliphatic rings. The third-order valence-corrected chi connectivity index (χ3v) is 3.83. The molecule has 2 rings (SSSR count). The van der Waals surface area contributed by atoms with E-state index in [1.165, 1.54) is 0 Å². The van der Waals surface area contributed by atoms with Gasteiger partial charge in [0.05, 0.1) is 13.7 Å². The van der Waals surface area contributed by atoms with Crippen molar-refractivity contribution in [2.75, 3.05) is 26.7 Å². The van der Waals surface area contributed by atoms with Gasteiger partial charge in [-0.2, -0.15) is 0 Å². The number of unbranched alkanes of at least 4 members (excludes halogenated alkanes) is 1. The minimum Gasteiger partial charge on any atom is -0.497 e. The highest BCUT2D eigenvalue weighted by atomic mass is 16.5. The maximum absolute atomic E-state index is 5.91. The predicted molar refractivity (Wildman–Crippen MR) is 106 cm³/mol. The second kappa shape index (κ2) is 11.8. The molecular formula is C19H30N6O2. The summed E-state index contributed by atoms with van der Waals surface area (Å²) in [6.45, 7) is 7.23. The molecule has 8 nitrogen and oxygen atoms in total. The van der Waals surface area contributed by atoms with Crippen LogP contribution in [0.3, 0.4) is 0 Å². The van der Waals surface area contributed by atoms with E-state index in [1.807, 2.05) is 35.8 Å². The number of aryl methyl sites for hydroxylation is 1. The largest absolute Gasteiger partial charge is 0.497 e. The number of hydrogen-bond donors (Lipinski definition) is 2. The molecule has 1 unspecified atom stereocenters. The first-order chi connectivity index (χ1) is 13.2. The summed E-state index contributed by atoms with van der Waals surface area (Å²) < 4.78 is 13.1. The van der Waals surface area contributed by atoms with E-state index in [-0.39, 0.29) is 6.10 Å². The minimum absolute atomic E-state index is 0.0405. The van der Waals surface area contributed by atoms with Crippen molar-refractivity contribution >= 4 is 5.96 Å². The van der Waals surface area contributed by atoms with Crippen molar-refractivity contribution in [3.63, 3.8) is 0 Å². The Morgan fingerprint density at radius 1 is 1.19 bits per heavy atom. The molecular weight excluding hydrogens is 344 g/mol. The molecule has 0 fully saturated rings. The molecule has 0 saturated carbocycles. The predicted octanol–water partition coefficient (Wildman–Crippen LogP) is 2.09. The van der Waals surface area contributed by atoms with E-state index in [0.29, 0.717) is 6.54 Å². The van der Waals surface area contributed by atoms with Gasteiger partial charge >= 0.3 is 0 Å². The van der Waals surface area contributed by atoms with Gasteiger partial charge in [0.25, 0.3) is 0 Å². The number of nitrogens with zero attached hydrogens (tertiary/aromatic N) is 4. The van der Waals surface area contributed by atoms with Crippen LogP contribution < -0.4 is 20.1 Å². The zero-order valence-corrected chi connectivity index (χ0v) is 16.4. The van der Waals surface area contributed by atoms with Crippen molar-refractivity contribution in [1.29, 1.82) is 0 Å². The second-order valence-electron chi connectivity index (χ2n) is 6.16. The van der Waals surface area contributed by atoms with E-state index in [0.717, 1.165) is 49.9 Å². The average Bonchev–Trinajstić information content (AvgIpc) is 3.19. The Balaban J connectivity index is 1.72. The van der Waals surface area contributed by atoms with Gasteiger partial charge in [-0.3, -0.25) is 0 Å². The van der Waals surface area contributed by atoms with Crippen LogP contribution in [0.25, 0.3) is 0 Å². The van der Waals surface area contributed by atoms with E-state index in [4.69, 9.17) is 9.47 Å². The van der Waals surface area contributed by atoms with Crippen molar-refractivity contribution in [3.8, 4) is 11.5 Å². The molecule has 8 heteroatoms. The van der Waals surface area contributed by atoms with Crippen LogP contribution in [-0.2, 0) is 6.54 Å². The number of aliphatic imine (C=N–C) groups is 1. The minimum atomic E-state index is -0.0405. The monoisotopic (exact) mass is 374 g/mol. The quantitative estimate of drug-likeness (QED) is 0.356. The molecule has 0 aliphatic carbocycles. The molecule has 0 bridgehead atoms. The fraction of sp³-hybridized carbons (Fsp3) is 0.526.